The van der Waals surface area contributed by atoms with Gasteiger partial charge in [-0.05, 0) is 48.9 Å². The highest BCUT2D eigenvalue weighted by molar-refractivity contribution is 5.48. The standard InChI is InChI=1S/C17H29NO2/c1-13(2)10-17(12-19,11-14(3)4)18-15-6-8-16(20-5)9-7-15/h6-9,13-14,18-19H,10-12H2,1-5H3. The summed E-state index contributed by atoms with van der Waals surface area (Å²) in [6.07, 6.45) is 1.90. The van der Waals surface area contributed by atoms with E-state index < -0.39 is 0 Å². The second kappa shape index (κ2) is 7.53. The van der Waals surface area contributed by atoms with E-state index in [0.717, 1.165) is 24.3 Å². The monoisotopic (exact) mass is 279 g/mol. The van der Waals surface area contributed by atoms with Gasteiger partial charge in [0, 0.05) is 5.69 Å². The van der Waals surface area contributed by atoms with Gasteiger partial charge < -0.3 is 15.2 Å². The molecule has 0 aliphatic rings. The molecule has 0 aromatic heterocycles. The summed E-state index contributed by atoms with van der Waals surface area (Å²) in [4.78, 5) is 0. The Bertz CT molecular complexity index is 374. The summed E-state index contributed by atoms with van der Waals surface area (Å²) in [7, 11) is 1.66. The van der Waals surface area contributed by atoms with E-state index in [9.17, 15) is 5.11 Å². The Morgan fingerprint density at radius 3 is 1.90 bits per heavy atom. The molecule has 0 aliphatic heterocycles. The molecule has 0 atom stereocenters. The van der Waals surface area contributed by atoms with Crippen molar-refractivity contribution in [1.82, 2.24) is 0 Å². The maximum absolute atomic E-state index is 9.95. The molecule has 3 heteroatoms. The topological polar surface area (TPSA) is 41.5 Å². The van der Waals surface area contributed by atoms with Gasteiger partial charge in [-0.3, -0.25) is 0 Å². The molecule has 3 nitrogen and oxygen atoms in total. The normalized spacial score (nSPS) is 12.0. The van der Waals surface area contributed by atoms with E-state index in [2.05, 4.69) is 33.0 Å². The Morgan fingerprint density at radius 1 is 1.05 bits per heavy atom. The van der Waals surface area contributed by atoms with Gasteiger partial charge in [-0.15, -0.1) is 0 Å². The van der Waals surface area contributed by atoms with E-state index in [1.165, 1.54) is 0 Å². The minimum Gasteiger partial charge on any atom is -0.497 e. The van der Waals surface area contributed by atoms with Crippen LogP contribution in [0.3, 0.4) is 0 Å². The Balaban J connectivity index is 2.90. The van der Waals surface area contributed by atoms with Gasteiger partial charge in [0.25, 0.3) is 0 Å². The molecule has 0 unspecified atom stereocenters. The van der Waals surface area contributed by atoms with Crippen LogP contribution in [-0.4, -0.2) is 24.4 Å². The van der Waals surface area contributed by atoms with Crippen LogP contribution in [0.15, 0.2) is 24.3 Å². The van der Waals surface area contributed by atoms with Gasteiger partial charge in [0.2, 0.25) is 0 Å². The van der Waals surface area contributed by atoms with Crippen molar-refractivity contribution in [3.8, 4) is 5.75 Å². The first-order valence-electron chi connectivity index (χ1n) is 7.44. The molecule has 1 rings (SSSR count). The summed E-state index contributed by atoms with van der Waals surface area (Å²) >= 11 is 0. The molecule has 1 aromatic carbocycles. The maximum Gasteiger partial charge on any atom is 0.119 e. The highest BCUT2D eigenvalue weighted by Gasteiger charge is 2.31. The number of rotatable bonds is 8. The fourth-order valence-electron chi connectivity index (χ4n) is 2.90. The van der Waals surface area contributed by atoms with E-state index in [1.807, 2.05) is 24.3 Å². The molecule has 0 fully saturated rings. The summed E-state index contributed by atoms with van der Waals surface area (Å²) in [5.41, 5.74) is 0.776. The highest BCUT2D eigenvalue weighted by Crippen LogP contribution is 2.29. The second-order valence-corrected chi connectivity index (χ2v) is 6.49. The van der Waals surface area contributed by atoms with Crippen LogP contribution in [0.5, 0.6) is 5.75 Å². The molecule has 0 aliphatic carbocycles. The van der Waals surface area contributed by atoms with Crippen molar-refractivity contribution in [1.29, 1.82) is 0 Å². The van der Waals surface area contributed by atoms with E-state index in [-0.39, 0.29) is 12.1 Å². The predicted molar refractivity (Wildman–Crippen MR) is 85.3 cm³/mol. The van der Waals surface area contributed by atoms with Crippen LogP contribution in [0.25, 0.3) is 0 Å². The minimum atomic E-state index is -0.253. The molecular formula is C17H29NO2. The lowest BCUT2D eigenvalue weighted by molar-refractivity contribution is 0.168. The van der Waals surface area contributed by atoms with Crippen molar-refractivity contribution in [2.45, 2.75) is 46.1 Å². The molecule has 2 N–H and O–H groups in total. The number of anilines is 1. The zero-order valence-corrected chi connectivity index (χ0v) is 13.4. The first-order chi connectivity index (χ1) is 9.40. The largest absolute Gasteiger partial charge is 0.497 e. The number of nitrogens with one attached hydrogen (secondary N) is 1. The highest BCUT2D eigenvalue weighted by atomic mass is 16.5. The Hall–Kier alpha value is -1.22. The Labute approximate surface area is 123 Å². The molecule has 0 amide bonds. The zero-order chi connectivity index (χ0) is 15.2. The van der Waals surface area contributed by atoms with E-state index in [0.29, 0.717) is 11.8 Å². The number of hydrogen-bond donors (Lipinski definition) is 2. The average Bonchev–Trinajstić information content (AvgIpc) is 2.38. The quantitative estimate of drug-likeness (QED) is 0.757. The predicted octanol–water partition coefficient (Wildman–Crippen LogP) is 3.93. The van der Waals surface area contributed by atoms with E-state index in [4.69, 9.17) is 4.74 Å². The third-order valence-electron chi connectivity index (χ3n) is 3.40. The van der Waals surface area contributed by atoms with Gasteiger partial charge in [0.05, 0.1) is 19.3 Å². The maximum atomic E-state index is 9.95. The number of aliphatic hydroxyl groups is 1. The van der Waals surface area contributed by atoms with Crippen LogP contribution in [0, 0.1) is 11.8 Å². The van der Waals surface area contributed by atoms with E-state index >= 15 is 0 Å². The second-order valence-electron chi connectivity index (χ2n) is 6.49. The molecule has 1 aromatic rings. The van der Waals surface area contributed by atoms with Crippen LogP contribution in [0.1, 0.15) is 40.5 Å². The molecule has 114 valence electrons. The van der Waals surface area contributed by atoms with Crippen molar-refractivity contribution in [3.05, 3.63) is 24.3 Å². The van der Waals surface area contributed by atoms with Crippen LogP contribution in [0.4, 0.5) is 5.69 Å². The van der Waals surface area contributed by atoms with Gasteiger partial charge in [-0.1, -0.05) is 27.7 Å². The molecular weight excluding hydrogens is 250 g/mol. The Kier molecular flexibility index (Phi) is 6.34. The first-order valence-corrected chi connectivity index (χ1v) is 7.44. The molecule has 0 bridgehead atoms. The lowest BCUT2D eigenvalue weighted by Crippen LogP contribution is -2.44. The fraction of sp³-hybridized carbons (Fsp3) is 0.647. The number of methoxy groups -OCH3 is 1. The Morgan fingerprint density at radius 2 is 1.55 bits per heavy atom. The van der Waals surface area contributed by atoms with Gasteiger partial charge in [0.15, 0.2) is 0 Å². The lowest BCUT2D eigenvalue weighted by Gasteiger charge is -2.37. The molecule has 20 heavy (non-hydrogen) atoms. The summed E-state index contributed by atoms with van der Waals surface area (Å²) in [6.45, 7) is 8.93. The zero-order valence-electron chi connectivity index (χ0n) is 13.4. The molecule has 0 saturated carbocycles. The fourth-order valence-corrected chi connectivity index (χ4v) is 2.90. The number of aliphatic hydroxyl groups excluding tert-OH is 1. The van der Waals surface area contributed by atoms with Crippen molar-refractivity contribution < 1.29 is 9.84 Å². The van der Waals surface area contributed by atoms with Gasteiger partial charge in [0.1, 0.15) is 5.75 Å². The van der Waals surface area contributed by atoms with Crippen molar-refractivity contribution >= 4 is 5.69 Å². The van der Waals surface area contributed by atoms with Gasteiger partial charge >= 0.3 is 0 Å². The minimum absolute atomic E-state index is 0.148. The molecule has 0 saturated heterocycles. The smallest absolute Gasteiger partial charge is 0.119 e. The number of ether oxygens (including phenoxy) is 1. The van der Waals surface area contributed by atoms with Crippen molar-refractivity contribution in [3.63, 3.8) is 0 Å². The molecule has 0 spiro atoms. The third kappa shape index (κ3) is 5.04. The summed E-state index contributed by atoms with van der Waals surface area (Å²) in [5, 5.41) is 13.5. The summed E-state index contributed by atoms with van der Waals surface area (Å²) < 4.78 is 5.18. The van der Waals surface area contributed by atoms with Gasteiger partial charge in [-0.2, -0.15) is 0 Å². The van der Waals surface area contributed by atoms with E-state index in [1.54, 1.807) is 7.11 Å². The van der Waals surface area contributed by atoms with Crippen LogP contribution < -0.4 is 10.1 Å². The van der Waals surface area contributed by atoms with Crippen LogP contribution >= 0.6 is 0 Å². The summed E-state index contributed by atoms with van der Waals surface area (Å²) in [6, 6.07) is 7.89. The van der Waals surface area contributed by atoms with Crippen molar-refractivity contribution in [2.75, 3.05) is 19.0 Å². The molecule has 0 heterocycles. The lowest BCUT2D eigenvalue weighted by atomic mass is 9.82. The summed E-state index contributed by atoms with van der Waals surface area (Å²) in [5.74, 6) is 1.91. The third-order valence-corrected chi connectivity index (χ3v) is 3.40. The first kappa shape index (κ1) is 16.8. The molecule has 0 radical (unpaired) electrons. The van der Waals surface area contributed by atoms with Crippen molar-refractivity contribution in [2.24, 2.45) is 11.8 Å². The number of benzene rings is 1. The SMILES string of the molecule is COc1ccc(NC(CO)(CC(C)C)CC(C)C)cc1. The number of hydrogen-bond acceptors (Lipinski definition) is 3. The van der Waals surface area contributed by atoms with Crippen LogP contribution in [-0.2, 0) is 0 Å². The average molecular weight is 279 g/mol. The van der Waals surface area contributed by atoms with Crippen LogP contribution in [0.2, 0.25) is 0 Å². The van der Waals surface area contributed by atoms with Gasteiger partial charge in [-0.25, -0.2) is 0 Å².